The molecular weight excluding hydrogens is 1400 g/mol. The normalized spacial score (nSPS) is 33.0. The molecule has 2 aromatic carbocycles. The molecule has 0 unspecified atom stereocenters. The van der Waals surface area contributed by atoms with E-state index < -0.39 is 215 Å². The second-order valence-electron chi connectivity index (χ2n) is 32.4. The molecule has 8 heterocycles. The van der Waals surface area contributed by atoms with E-state index in [1.54, 1.807) is 91.8 Å². The lowest BCUT2D eigenvalue weighted by molar-refractivity contribution is -0.170. The second kappa shape index (κ2) is 34.1. The number of cyclic esters (lactones) is 2. The molecule has 8 aliphatic rings. The van der Waals surface area contributed by atoms with Crippen molar-refractivity contribution in [1.29, 1.82) is 0 Å². The Morgan fingerprint density at radius 3 is 1.18 bits per heavy atom. The van der Waals surface area contributed by atoms with Crippen molar-refractivity contribution in [2.24, 2.45) is 35.5 Å². The number of amides is 10. The van der Waals surface area contributed by atoms with Crippen LogP contribution in [0.25, 0.3) is 0 Å². The molecule has 20 atom stereocenters. The van der Waals surface area contributed by atoms with Gasteiger partial charge in [-0.3, -0.25) is 47.9 Å². The average molecular weight is 1520 g/mol. The van der Waals surface area contributed by atoms with Gasteiger partial charge in [0.25, 0.3) is 11.8 Å². The Kier molecular flexibility index (Phi) is 26.9. The molecule has 0 aliphatic carbocycles. The van der Waals surface area contributed by atoms with Crippen LogP contribution in [0.2, 0.25) is 0 Å². The number of para-hydroxylation sites is 1. The highest BCUT2D eigenvalue weighted by Crippen LogP contribution is 2.51. The van der Waals surface area contributed by atoms with Crippen LogP contribution in [0.15, 0.2) is 42.5 Å². The van der Waals surface area contributed by atoms with Crippen molar-refractivity contribution in [3.63, 3.8) is 0 Å². The standard InChI is InChI=1S/C38H56N6O10.C37H54N6O10.CH4/c1-17(2)13-25-31(47)42-29(21(8)45)34(50)44-27(16-38(53)23-14-20(7)9-10-24(23)40-37(38)44)33(49)41-28(18(3)4)36(52)54-30(19(5)6)35(51)43-12-11-22(46)15-26(43)32(48)39-25;1-17(2)14-24-30(46)41-28(20(7)44)33(49)43-26(16-37(52)22-10-8-9-11-23(22)39-36(37)43)32(48)40-27(18(3)4)35(51)53-29(19(5)6)34(50)42-13-12-21(45)15-25(42)31(47)38-24;/h9-10,14,17-19,21-22,25-30,37,40,45-46,53H,11-13,15-16H2,1-8H3,(H,39,48)(H,41,49)(H,42,47);8-11,17-21,24-29,36,39,44-45,52H,12-16H2,1-7H3,(H,38,47)(H,40,48)(H,41,46);1H4/t21-,22-,25-,26+,27-,28+,29+,30-,37-,38+;20-,21-,24-,25+,26-,27+,28+,29-,36-,37+;/m11./s1. The summed E-state index contributed by atoms with van der Waals surface area (Å²) in [6, 6.07) is -1.42. The topological polar surface area (TPSA) is 454 Å². The number of aliphatic hydroxyl groups is 6. The number of aryl methyl sites for hydroxylation is 1. The lowest BCUT2D eigenvalue weighted by atomic mass is 9.90. The first kappa shape index (κ1) is 85.1. The quantitative estimate of drug-likeness (QED) is 0.143. The number of benzene rings is 2. The van der Waals surface area contributed by atoms with E-state index in [1.807, 2.05) is 40.7 Å². The number of ether oxygens (including phenoxy) is 2. The Labute approximate surface area is 630 Å². The third kappa shape index (κ3) is 17.5. The largest absolute Gasteiger partial charge is 0.450 e. The van der Waals surface area contributed by atoms with Crippen LogP contribution in [-0.2, 0) is 78.2 Å². The molecular formula is C76H114N12O20. The summed E-state index contributed by atoms with van der Waals surface area (Å²) in [6.45, 7) is 25.1. The fourth-order valence-electron chi connectivity index (χ4n) is 15.8. The third-order valence-electron chi connectivity index (χ3n) is 21.6. The van der Waals surface area contributed by atoms with Gasteiger partial charge in [0.15, 0.2) is 12.2 Å². The summed E-state index contributed by atoms with van der Waals surface area (Å²) in [7, 11) is 0. The third-order valence-corrected chi connectivity index (χ3v) is 21.6. The Bertz CT molecular complexity index is 3720. The van der Waals surface area contributed by atoms with E-state index in [2.05, 4.69) is 42.5 Å². The first-order valence-corrected chi connectivity index (χ1v) is 37.5. The summed E-state index contributed by atoms with van der Waals surface area (Å²) in [6.07, 6.45) is -10.3. The summed E-state index contributed by atoms with van der Waals surface area (Å²) in [4.78, 5) is 175. The maximum absolute atomic E-state index is 14.7. The van der Waals surface area contributed by atoms with Gasteiger partial charge in [0.2, 0.25) is 47.3 Å². The number of hydrogen-bond donors (Lipinski definition) is 14. The first-order valence-electron chi connectivity index (χ1n) is 37.5. The van der Waals surface area contributed by atoms with Gasteiger partial charge in [-0.25, -0.2) is 9.59 Å². The van der Waals surface area contributed by atoms with Crippen LogP contribution < -0.4 is 42.5 Å². The summed E-state index contributed by atoms with van der Waals surface area (Å²) in [5.74, 6) is -12.1. The Morgan fingerprint density at radius 1 is 0.444 bits per heavy atom. The highest BCUT2D eigenvalue weighted by molar-refractivity contribution is 6.01. The van der Waals surface area contributed by atoms with Crippen LogP contribution in [0.4, 0.5) is 11.4 Å². The maximum Gasteiger partial charge on any atom is 0.329 e. The SMILES string of the molecule is C.CC(C)C[C@H]1NC(=O)[C@@H]2C[C@H](O)CCN2C(=O)[C@@H](C(C)C)OC(=O)[C@H](C(C)C)NC(=O)[C@H]2C[C@]3(O)c4ccccc4N[C@@H]3N2C(=O)[C@H]([C@@H](C)O)NC1=O.Cc1ccc2c(c1)[C@@]1(O)C[C@@H]3C(=O)N[C@@H](C(C)C)C(=O)O[C@H](C(C)C)C(=O)N4CC[C@@H](O)C[C@H]4C(=O)N[C@H](CC(C)C)C(=O)N[C@@H]([C@@H](C)O)C(=O)N3[C@H]1N2. The molecule has 14 N–H and O–H groups in total. The van der Waals surface area contributed by atoms with Gasteiger partial charge in [-0.1, -0.05) is 126 Å². The smallest absolute Gasteiger partial charge is 0.329 e. The van der Waals surface area contributed by atoms with Crippen molar-refractivity contribution in [2.75, 3.05) is 23.7 Å². The van der Waals surface area contributed by atoms with Gasteiger partial charge in [-0.15, -0.1) is 0 Å². The molecule has 0 saturated carbocycles. The van der Waals surface area contributed by atoms with Crippen molar-refractivity contribution >= 4 is 82.4 Å². The molecule has 6 fully saturated rings. The Hall–Kier alpha value is -8.56. The van der Waals surface area contributed by atoms with E-state index >= 15 is 0 Å². The van der Waals surface area contributed by atoms with Gasteiger partial charge >= 0.3 is 11.9 Å². The first-order chi connectivity index (χ1) is 50.1. The number of carbonyl (C=O) groups is 12. The minimum Gasteiger partial charge on any atom is -0.450 e. The molecule has 0 aromatic heterocycles. The number of anilines is 2. The molecule has 8 aliphatic heterocycles. The minimum atomic E-state index is -1.78. The molecule has 0 bridgehead atoms. The van der Waals surface area contributed by atoms with Gasteiger partial charge in [-0.05, 0) is 94.1 Å². The van der Waals surface area contributed by atoms with E-state index in [-0.39, 0.29) is 83.7 Å². The fourth-order valence-corrected chi connectivity index (χ4v) is 15.8. The van der Waals surface area contributed by atoms with E-state index in [1.165, 1.54) is 23.6 Å². The lowest BCUT2D eigenvalue weighted by Gasteiger charge is -2.40. The molecule has 32 heteroatoms. The predicted molar refractivity (Wildman–Crippen MR) is 392 cm³/mol. The number of esters is 2. The summed E-state index contributed by atoms with van der Waals surface area (Å²) in [5, 5.41) is 89.9. The predicted octanol–water partition coefficient (Wildman–Crippen LogP) is 0.339. The van der Waals surface area contributed by atoms with E-state index in [4.69, 9.17) is 9.47 Å². The zero-order valence-electron chi connectivity index (χ0n) is 63.7. The number of rotatable bonds is 10. The van der Waals surface area contributed by atoms with Gasteiger partial charge in [-0.2, -0.15) is 0 Å². The molecule has 2 aromatic rings. The molecule has 108 heavy (non-hydrogen) atoms. The van der Waals surface area contributed by atoms with Crippen LogP contribution in [0, 0.1) is 42.4 Å². The number of piperidine rings is 2. The zero-order chi connectivity index (χ0) is 79.1. The van der Waals surface area contributed by atoms with Crippen LogP contribution in [0.5, 0.6) is 0 Å². The summed E-state index contributed by atoms with van der Waals surface area (Å²) < 4.78 is 11.7. The number of fused-ring (bicyclic) bond motifs is 12. The highest BCUT2D eigenvalue weighted by atomic mass is 16.6. The van der Waals surface area contributed by atoms with E-state index in [9.17, 15) is 88.2 Å². The average Bonchev–Trinajstić information content (AvgIpc) is 1.56. The summed E-state index contributed by atoms with van der Waals surface area (Å²) in [5.41, 5.74) is -0.776. The van der Waals surface area contributed by atoms with Gasteiger partial charge < -0.3 is 102 Å². The van der Waals surface area contributed by atoms with Gasteiger partial charge in [0, 0.05) is 61.3 Å². The minimum absolute atomic E-state index is 0. The lowest BCUT2D eigenvalue weighted by Crippen LogP contribution is -2.64. The van der Waals surface area contributed by atoms with Crippen LogP contribution in [-0.4, -0.2) is 244 Å². The number of hydrogen-bond acceptors (Lipinski definition) is 22. The van der Waals surface area contributed by atoms with Crippen LogP contribution >= 0.6 is 0 Å². The number of nitrogens with one attached hydrogen (secondary N) is 8. The molecule has 6 saturated heterocycles. The van der Waals surface area contributed by atoms with Crippen molar-refractivity contribution in [3.8, 4) is 0 Å². The van der Waals surface area contributed by atoms with Crippen molar-refractivity contribution in [1.82, 2.24) is 51.5 Å². The highest BCUT2D eigenvalue weighted by Gasteiger charge is 2.64. The van der Waals surface area contributed by atoms with Crippen molar-refractivity contribution in [2.45, 2.75) is 283 Å². The summed E-state index contributed by atoms with van der Waals surface area (Å²) >= 11 is 0. The van der Waals surface area contributed by atoms with Crippen LogP contribution in [0.3, 0.4) is 0 Å². The molecule has 598 valence electrons. The van der Waals surface area contributed by atoms with Gasteiger partial charge in [0.05, 0.1) is 24.4 Å². The molecule has 0 radical (unpaired) electrons. The van der Waals surface area contributed by atoms with Crippen molar-refractivity contribution < 1.29 is 97.6 Å². The second-order valence-corrected chi connectivity index (χ2v) is 32.4. The number of aliphatic hydroxyl groups excluding tert-OH is 4. The zero-order valence-corrected chi connectivity index (χ0v) is 63.7. The fraction of sp³-hybridized carbons (Fsp3) is 0.684. The van der Waals surface area contributed by atoms with E-state index in [0.717, 1.165) is 15.4 Å². The van der Waals surface area contributed by atoms with E-state index in [0.29, 0.717) is 22.5 Å². The maximum atomic E-state index is 14.7. The molecule has 32 nitrogen and oxygen atoms in total. The molecule has 0 spiro atoms. The molecule has 10 amide bonds. The molecule has 10 rings (SSSR count). The Balaban J connectivity index is 0.000000270. The van der Waals surface area contributed by atoms with Crippen molar-refractivity contribution in [3.05, 3.63) is 59.2 Å². The van der Waals surface area contributed by atoms with Crippen LogP contribution in [0.1, 0.15) is 172 Å². The van der Waals surface area contributed by atoms with Gasteiger partial charge in [0.1, 0.15) is 84.0 Å². The number of nitrogens with zero attached hydrogens (tertiary/aromatic N) is 4. The number of carbonyl (C=O) groups excluding carboxylic acids is 12. The Morgan fingerprint density at radius 2 is 0.806 bits per heavy atom. The monoisotopic (exact) mass is 1510 g/mol.